The van der Waals surface area contributed by atoms with E-state index in [1.54, 1.807) is 17.8 Å². The van der Waals surface area contributed by atoms with Crippen LogP contribution in [-0.2, 0) is 0 Å². The SMILES string of the molecule is C=CC(N)CSc1ccc(Br)cc1. The van der Waals surface area contributed by atoms with E-state index >= 15 is 0 Å². The van der Waals surface area contributed by atoms with E-state index in [0.29, 0.717) is 0 Å². The molecule has 0 spiro atoms. The molecule has 0 aliphatic heterocycles. The van der Waals surface area contributed by atoms with Gasteiger partial charge in [0.1, 0.15) is 0 Å². The van der Waals surface area contributed by atoms with E-state index in [0.717, 1.165) is 10.2 Å². The van der Waals surface area contributed by atoms with Crippen LogP contribution in [0, 0.1) is 0 Å². The van der Waals surface area contributed by atoms with Crippen LogP contribution in [0.2, 0.25) is 0 Å². The zero-order chi connectivity index (χ0) is 9.68. The highest BCUT2D eigenvalue weighted by Gasteiger charge is 1.98. The summed E-state index contributed by atoms with van der Waals surface area (Å²) in [6.45, 7) is 3.64. The van der Waals surface area contributed by atoms with E-state index < -0.39 is 0 Å². The Hall–Kier alpha value is -0.250. The smallest absolute Gasteiger partial charge is 0.0316 e. The van der Waals surface area contributed by atoms with E-state index in [4.69, 9.17) is 5.73 Å². The molecule has 1 rings (SSSR count). The van der Waals surface area contributed by atoms with E-state index in [1.807, 2.05) is 12.1 Å². The van der Waals surface area contributed by atoms with Crippen molar-refractivity contribution in [1.29, 1.82) is 0 Å². The molecule has 0 fully saturated rings. The molecule has 0 heterocycles. The molecule has 0 aliphatic rings. The topological polar surface area (TPSA) is 26.0 Å². The fourth-order valence-corrected chi connectivity index (χ4v) is 1.91. The first kappa shape index (κ1) is 10.8. The fraction of sp³-hybridized carbons (Fsp3) is 0.200. The summed E-state index contributed by atoms with van der Waals surface area (Å²) in [5.41, 5.74) is 5.70. The average molecular weight is 258 g/mol. The molecule has 0 bridgehead atoms. The summed E-state index contributed by atoms with van der Waals surface area (Å²) in [5, 5.41) is 0. The maximum absolute atomic E-state index is 5.70. The monoisotopic (exact) mass is 257 g/mol. The minimum absolute atomic E-state index is 0.0775. The Morgan fingerprint density at radius 3 is 2.62 bits per heavy atom. The van der Waals surface area contributed by atoms with Crippen molar-refractivity contribution in [1.82, 2.24) is 0 Å². The highest BCUT2D eigenvalue weighted by atomic mass is 79.9. The van der Waals surface area contributed by atoms with Gasteiger partial charge in [-0.2, -0.15) is 0 Å². The van der Waals surface area contributed by atoms with Gasteiger partial charge in [0.25, 0.3) is 0 Å². The van der Waals surface area contributed by atoms with Crippen LogP contribution in [-0.4, -0.2) is 11.8 Å². The number of nitrogens with two attached hydrogens (primary N) is 1. The number of benzene rings is 1. The van der Waals surface area contributed by atoms with Crippen molar-refractivity contribution in [3.05, 3.63) is 41.4 Å². The van der Waals surface area contributed by atoms with E-state index in [2.05, 4.69) is 34.6 Å². The lowest BCUT2D eigenvalue weighted by atomic mass is 10.4. The summed E-state index contributed by atoms with van der Waals surface area (Å²) in [6, 6.07) is 8.28. The maximum Gasteiger partial charge on any atom is 0.0316 e. The van der Waals surface area contributed by atoms with Gasteiger partial charge in [0.05, 0.1) is 0 Å². The van der Waals surface area contributed by atoms with Crippen LogP contribution in [0.25, 0.3) is 0 Å². The number of thioether (sulfide) groups is 1. The van der Waals surface area contributed by atoms with Gasteiger partial charge in [-0.3, -0.25) is 0 Å². The van der Waals surface area contributed by atoms with Gasteiger partial charge >= 0.3 is 0 Å². The lowest BCUT2D eigenvalue weighted by molar-refractivity contribution is 0.943. The van der Waals surface area contributed by atoms with Crippen LogP contribution in [0.4, 0.5) is 0 Å². The van der Waals surface area contributed by atoms with Gasteiger partial charge in [0.2, 0.25) is 0 Å². The third-order valence-corrected chi connectivity index (χ3v) is 3.24. The molecule has 0 saturated heterocycles. The maximum atomic E-state index is 5.70. The quantitative estimate of drug-likeness (QED) is 0.663. The molecule has 1 unspecified atom stereocenters. The van der Waals surface area contributed by atoms with Crippen LogP contribution in [0.5, 0.6) is 0 Å². The Morgan fingerprint density at radius 1 is 1.46 bits per heavy atom. The van der Waals surface area contributed by atoms with Crippen molar-refractivity contribution < 1.29 is 0 Å². The van der Waals surface area contributed by atoms with Crippen LogP contribution in [0.3, 0.4) is 0 Å². The van der Waals surface area contributed by atoms with Crippen LogP contribution in [0.1, 0.15) is 0 Å². The molecule has 0 aliphatic carbocycles. The summed E-state index contributed by atoms with van der Waals surface area (Å²) < 4.78 is 1.10. The standard InChI is InChI=1S/C10H12BrNS/c1-2-9(12)7-13-10-5-3-8(11)4-6-10/h2-6,9H,1,7,12H2. The molecule has 0 radical (unpaired) electrons. The molecule has 0 aromatic heterocycles. The van der Waals surface area contributed by atoms with Crippen LogP contribution in [0.15, 0.2) is 46.3 Å². The predicted molar refractivity (Wildman–Crippen MR) is 63.0 cm³/mol. The number of halogens is 1. The van der Waals surface area contributed by atoms with E-state index in [1.165, 1.54) is 4.90 Å². The van der Waals surface area contributed by atoms with Crippen molar-refractivity contribution in [3.63, 3.8) is 0 Å². The molecule has 13 heavy (non-hydrogen) atoms. The molecule has 3 heteroatoms. The number of rotatable bonds is 4. The van der Waals surface area contributed by atoms with E-state index in [-0.39, 0.29) is 6.04 Å². The van der Waals surface area contributed by atoms with Gasteiger partial charge in [-0.05, 0) is 24.3 Å². The molecule has 1 atom stereocenters. The molecule has 2 N–H and O–H groups in total. The summed E-state index contributed by atoms with van der Waals surface area (Å²) in [7, 11) is 0. The second-order valence-corrected chi connectivity index (χ2v) is 4.67. The average Bonchev–Trinajstić information content (AvgIpc) is 2.16. The predicted octanol–water partition coefficient (Wildman–Crippen LogP) is 3.05. The van der Waals surface area contributed by atoms with Gasteiger partial charge in [-0.1, -0.05) is 22.0 Å². The first-order valence-corrected chi connectivity index (χ1v) is 5.76. The van der Waals surface area contributed by atoms with Crippen molar-refractivity contribution in [2.45, 2.75) is 10.9 Å². The fourth-order valence-electron chi connectivity index (χ4n) is 0.791. The normalized spacial score (nSPS) is 12.5. The largest absolute Gasteiger partial charge is 0.324 e. The summed E-state index contributed by atoms with van der Waals surface area (Å²) >= 11 is 5.13. The van der Waals surface area contributed by atoms with Gasteiger partial charge in [0, 0.05) is 21.2 Å². The van der Waals surface area contributed by atoms with Gasteiger partial charge < -0.3 is 5.73 Å². The minimum Gasteiger partial charge on any atom is -0.324 e. The van der Waals surface area contributed by atoms with Crippen molar-refractivity contribution in [2.75, 3.05) is 5.75 Å². The third kappa shape index (κ3) is 3.98. The second kappa shape index (κ2) is 5.47. The molecule has 70 valence electrons. The Kier molecular flexibility index (Phi) is 4.56. The molecule has 1 aromatic rings. The number of hydrogen-bond acceptors (Lipinski definition) is 2. The van der Waals surface area contributed by atoms with Gasteiger partial charge in [0.15, 0.2) is 0 Å². The summed E-state index contributed by atoms with van der Waals surface area (Å²) in [6.07, 6.45) is 1.77. The summed E-state index contributed by atoms with van der Waals surface area (Å²) in [4.78, 5) is 1.24. The Bertz CT molecular complexity index is 271. The molecular weight excluding hydrogens is 246 g/mol. The first-order valence-electron chi connectivity index (χ1n) is 3.99. The number of hydrogen-bond donors (Lipinski definition) is 1. The van der Waals surface area contributed by atoms with Crippen LogP contribution < -0.4 is 5.73 Å². The van der Waals surface area contributed by atoms with Gasteiger partial charge in [-0.15, -0.1) is 18.3 Å². The Labute approximate surface area is 91.5 Å². The molecular formula is C10H12BrNS. The summed E-state index contributed by atoms with van der Waals surface area (Å²) in [5.74, 6) is 0.880. The van der Waals surface area contributed by atoms with Crippen molar-refractivity contribution >= 4 is 27.7 Å². The minimum atomic E-state index is 0.0775. The third-order valence-electron chi connectivity index (χ3n) is 1.56. The first-order chi connectivity index (χ1) is 6.22. The highest BCUT2D eigenvalue weighted by molar-refractivity contribution is 9.10. The highest BCUT2D eigenvalue weighted by Crippen LogP contribution is 2.20. The van der Waals surface area contributed by atoms with Crippen LogP contribution >= 0.6 is 27.7 Å². The van der Waals surface area contributed by atoms with Crippen molar-refractivity contribution in [3.8, 4) is 0 Å². The van der Waals surface area contributed by atoms with Gasteiger partial charge in [-0.25, -0.2) is 0 Å². The van der Waals surface area contributed by atoms with Crippen molar-refractivity contribution in [2.24, 2.45) is 5.73 Å². The van der Waals surface area contributed by atoms with E-state index in [9.17, 15) is 0 Å². The molecule has 0 saturated carbocycles. The molecule has 1 nitrogen and oxygen atoms in total. The zero-order valence-electron chi connectivity index (χ0n) is 7.24. The molecule has 1 aromatic carbocycles. The second-order valence-electron chi connectivity index (χ2n) is 2.66. The Morgan fingerprint density at radius 2 is 2.08 bits per heavy atom. The zero-order valence-corrected chi connectivity index (χ0v) is 9.64. The lowest BCUT2D eigenvalue weighted by Gasteiger charge is -2.05. The molecule has 0 amide bonds. The Balaban J connectivity index is 2.45. The lowest BCUT2D eigenvalue weighted by Crippen LogP contribution is -2.18.